The van der Waals surface area contributed by atoms with E-state index in [1.807, 2.05) is 6.92 Å². The molecule has 0 amide bonds. The van der Waals surface area contributed by atoms with Gasteiger partial charge < -0.3 is 5.32 Å². The third-order valence-electron chi connectivity index (χ3n) is 2.30. The third-order valence-corrected chi connectivity index (χ3v) is 3.39. The van der Waals surface area contributed by atoms with Crippen molar-refractivity contribution in [3.05, 3.63) is 22.3 Å². The molecule has 2 nitrogen and oxygen atoms in total. The molecule has 0 aliphatic rings. The van der Waals surface area contributed by atoms with Crippen LogP contribution in [0.1, 0.15) is 20.3 Å². The number of halogens is 3. The molecule has 0 aliphatic heterocycles. The number of nitrogens with one attached hydrogen (secondary N) is 1. The maximum atomic E-state index is 6.00. The largest absolute Gasteiger partial charge is 0.362 e. The number of hydrogen-bond donors (Lipinski definition) is 1. The lowest BCUT2D eigenvalue weighted by Gasteiger charge is -2.28. The van der Waals surface area contributed by atoms with E-state index in [9.17, 15) is 0 Å². The van der Waals surface area contributed by atoms with Gasteiger partial charge in [0.2, 0.25) is 0 Å². The minimum absolute atomic E-state index is 0.202. The molecule has 1 atom stereocenters. The Morgan fingerprint density at radius 3 is 2.60 bits per heavy atom. The maximum absolute atomic E-state index is 6.00. The van der Waals surface area contributed by atoms with Gasteiger partial charge >= 0.3 is 0 Å². The third kappa shape index (κ3) is 3.40. The minimum Gasteiger partial charge on any atom is -0.362 e. The maximum Gasteiger partial charge on any atom is 0.145 e. The van der Waals surface area contributed by atoms with Gasteiger partial charge in [-0.1, -0.05) is 30.1 Å². The Morgan fingerprint density at radius 2 is 2.13 bits per heavy atom. The van der Waals surface area contributed by atoms with Crippen LogP contribution in [0.4, 0.5) is 5.82 Å². The zero-order valence-electron chi connectivity index (χ0n) is 8.65. The topological polar surface area (TPSA) is 24.9 Å². The van der Waals surface area contributed by atoms with Crippen LogP contribution in [-0.2, 0) is 0 Å². The Labute approximate surface area is 105 Å². The lowest BCUT2D eigenvalue weighted by atomic mass is 10.0. The molecule has 0 radical (unpaired) electrons. The average molecular weight is 268 g/mol. The van der Waals surface area contributed by atoms with Crippen molar-refractivity contribution < 1.29 is 0 Å². The van der Waals surface area contributed by atoms with Gasteiger partial charge in [-0.3, -0.25) is 0 Å². The molecule has 84 valence electrons. The van der Waals surface area contributed by atoms with Gasteiger partial charge in [-0.15, -0.1) is 11.6 Å². The van der Waals surface area contributed by atoms with E-state index in [1.54, 1.807) is 12.3 Å². The summed E-state index contributed by atoms with van der Waals surface area (Å²) in [6, 6.07) is 1.66. The first-order chi connectivity index (χ1) is 7.00. The first-order valence-corrected chi connectivity index (χ1v) is 5.95. The molecule has 1 N–H and O–H groups in total. The molecule has 0 aliphatic carbocycles. The van der Waals surface area contributed by atoms with Crippen LogP contribution >= 0.6 is 34.8 Å². The predicted octanol–water partition coefficient (Wildman–Crippen LogP) is 4.21. The molecule has 15 heavy (non-hydrogen) atoms. The number of hydrogen-bond acceptors (Lipinski definition) is 2. The highest BCUT2D eigenvalue weighted by molar-refractivity contribution is 6.36. The van der Waals surface area contributed by atoms with Crippen molar-refractivity contribution in [3.63, 3.8) is 0 Å². The normalized spacial score (nSPS) is 14.7. The summed E-state index contributed by atoms with van der Waals surface area (Å²) in [7, 11) is 0. The number of pyridine rings is 1. The zero-order valence-corrected chi connectivity index (χ0v) is 10.9. The molecule has 0 saturated carbocycles. The van der Waals surface area contributed by atoms with Gasteiger partial charge in [0, 0.05) is 17.6 Å². The molecule has 1 heterocycles. The van der Waals surface area contributed by atoms with E-state index in [-0.39, 0.29) is 5.54 Å². The Hall–Kier alpha value is -0.180. The van der Waals surface area contributed by atoms with Crippen LogP contribution in [0.5, 0.6) is 0 Å². The Morgan fingerprint density at radius 1 is 1.47 bits per heavy atom. The molecule has 0 aromatic carbocycles. The summed E-state index contributed by atoms with van der Waals surface area (Å²) in [5.41, 5.74) is -0.202. The minimum atomic E-state index is -0.202. The van der Waals surface area contributed by atoms with E-state index in [2.05, 4.69) is 17.2 Å². The van der Waals surface area contributed by atoms with Crippen molar-refractivity contribution in [2.45, 2.75) is 25.8 Å². The average Bonchev–Trinajstić information content (AvgIpc) is 2.22. The Kier molecular flexibility index (Phi) is 4.50. The number of aromatic nitrogens is 1. The van der Waals surface area contributed by atoms with Gasteiger partial charge in [-0.2, -0.15) is 0 Å². The second-order valence-corrected chi connectivity index (χ2v) is 4.77. The summed E-state index contributed by atoms with van der Waals surface area (Å²) in [4.78, 5) is 4.13. The van der Waals surface area contributed by atoms with Crippen LogP contribution in [0.2, 0.25) is 10.0 Å². The molecule has 1 aromatic rings. The lowest BCUT2D eigenvalue weighted by molar-refractivity contribution is 0.551. The Bertz CT molecular complexity index is 337. The SMILES string of the molecule is CCC(C)(CCl)Nc1ncc(Cl)cc1Cl. The lowest BCUT2D eigenvalue weighted by Crippen LogP contribution is -2.36. The van der Waals surface area contributed by atoms with E-state index in [4.69, 9.17) is 34.8 Å². The second kappa shape index (κ2) is 5.24. The van der Waals surface area contributed by atoms with Crippen LogP contribution in [0, 0.1) is 0 Å². The molecule has 5 heteroatoms. The van der Waals surface area contributed by atoms with Crippen LogP contribution in [0.25, 0.3) is 0 Å². The molecule has 1 unspecified atom stereocenters. The van der Waals surface area contributed by atoms with Crippen molar-refractivity contribution in [3.8, 4) is 0 Å². The summed E-state index contributed by atoms with van der Waals surface area (Å²) >= 11 is 17.6. The fourth-order valence-electron chi connectivity index (χ4n) is 1.01. The van der Waals surface area contributed by atoms with Gasteiger partial charge in [-0.25, -0.2) is 4.98 Å². The number of alkyl halides is 1. The van der Waals surface area contributed by atoms with E-state index in [0.29, 0.717) is 21.7 Å². The van der Waals surface area contributed by atoms with Crippen molar-refractivity contribution in [1.82, 2.24) is 4.98 Å². The van der Waals surface area contributed by atoms with E-state index < -0.39 is 0 Å². The number of nitrogens with zero attached hydrogens (tertiary/aromatic N) is 1. The molecule has 0 saturated heterocycles. The fourth-order valence-corrected chi connectivity index (χ4v) is 1.69. The van der Waals surface area contributed by atoms with Crippen LogP contribution < -0.4 is 5.32 Å². The zero-order chi connectivity index (χ0) is 11.5. The van der Waals surface area contributed by atoms with Crippen molar-refractivity contribution in [2.24, 2.45) is 0 Å². The summed E-state index contributed by atoms with van der Waals surface area (Å²) < 4.78 is 0. The molecule has 1 rings (SSSR count). The molecule has 0 spiro atoms. The Balaban J connectivity index is 2.89. The highest BCUT2D eigenvalue weighted by atomic mass is 35.5. The summed E-state index contributed by atoms with van der Waals surface area (Å²) in [5.74, 6) is 1.11. The van der Waals surface area contributed by atoms with Crippen molar-refractivity contribution >= 4 is 40.6 Å². The van der Waals surface area contributed by atoms with Crippen LogP contribution in [0.15, 0.2) is 12.3 Å². The van der Waals surface area contributed by atoms with Crippen molar-refractivity contribution in [1.29, 1.82) is 0 Å². The quantitative estimate of drug-likeness (QED) is 0.827. The summed E-state index contributed by atoms with van der Waals surface area (Å²) in [5, 5.41) is 4.25. The molecule has 1 aromatic heterocycles. The van der Waals surface area contributed by atoms with Gasteiger partial charge in [0.1, 0.15) is 5.82 Å². The van der Waals surface area contributed by atoms with Crippen LogP contribution in [0.3, 0.4) is 0 Å². The molecule has 0 bridgehead atoms. The second-order valence-electron chi connectivity index (χ2n) is 3.66. The fraction of sp³-hybridized carbons (Fsp3) is 0.500. The monoisotopic (exact) mass is 266 g/mol. The number of rotatable bonds is 4. The molecular weight excluding hydrogens is 254 g/mol. The molecular formula is C10H13Cl3N2. The summed E-state index contributed by atoms with van der Waals surface area (Å²) in [6.07, 6.45) is 2.44. The first-order valence-electron chi connectivity index (χ1n) is 4.66. The van der Waals surface area contributed by atoms with Gasteiger partial charge in [-0.05, 0) is 19.4 Å². The standard InChI is InChI=1S/C10H13Cl3N2/c1-3-10(2,6-11)15-9-8(13)4-7(12)5-14-9/h4-5H,3,6H2,1-2H3,(H,14,15). The van der Waals surface area contributed by atoms with Gasteiger partial charge in [0.25, 0.3) is 0 Å². The summed E-state index contributed by atoms with van der Waals surface area (Å²) in [6.45, 7) is 4.08. The van der Waals surface area contributed by atoms with Gasteiger partial charge in [0.15, 0.2) is 0 Å². The van der Waals surface area contributed by atoms with E-state index in [1.165, 1.54) is 0 Å². The smallest absolute Gasteiger partial charge is 0.145 e. The van der Waals surface area contributed by atoms with E-state index >= 15 is 0 Å². The highest BCUT2D eigenvalue weighted by Crippen LogP contribution is 2.26. The number of anilines is 1. The van der Waals surface area contributed by atoms with Crippen molar-refractivity contribution in [2.75, 3.05) is 11.2 Å². The van der Waals surface area contributed by atoms with E-state index in [0.717, 1.165) is 6.42 Å². The van der Waals surface area contributed by atoms with Gasteiger partial charge in [0.05, 0.1) is 10.0 Å². The highest BCUT2D eigenvalue weighted by Gasteiger charge is 2.21. The van der Waals surface area contributed by atoms with Crippen LogP contribution in [-0.4, -0.2) is 16.4 Å². The first kappa shape index (κ1) is 12.9. The predicted molar refractivity (Wildman–Crippen MR) is 67.3 cm³/mol. The molecule has 0 fully saturated rings.